The van der Waals surface area contributed by atoms with Gasteiger partial charge >= 0.3 is 6.03 Å². The molecule has 3 rings (SSSR count). The Kier molecular flexibility index (Phi) is 4.08. The van der Waals surface area contributed by atoms with Gasteiger partial charge in [-0.3, -0.25) is 0 Å². The van der Waals surface area contributed by atoms with Crippen molar-refractivity contribution in [2.45, 2.75) is 25.8 Å². The van der Waals surface area contributed by atoms with Crippen LogP contribution >= 0.6 is 0 Å². The molecule has 1 aromatic rings. The molecule has 7 nitrogen and oxygen atoms in total. The van der Waals surface area contributed by atoms with Crippen LogP contribution in [0.1, 0.15) is 24.8 Å². The summed E-state index contributed by atoms with van der Waals surface area (Å²) in [6.45, 7) is 4.49. The van der Waals surface area contributed by atoms with E-state index in [1.165, 1.54) is 30.6 Å². The van der Waals surface area contributed by atoms with E-state index in [1.807, 2.05) is 0 Å². The summed E-state index contributed by atoms with van der Waals surface area (Å²) in [5.41, 5.74) is 4.09. The summed E-state index contributed by atoms with van der Waals surface area (Å²) in [7, 11) is 0. The van der Waals surface area contributed by atoms with Crippen molar-refractivity contribution in [2.24, 2.45) is 0 Å². The molecule has 0 bridgehead atoms. The van der Waals surface area contributed by atoms with Gasteiger partial charge in [0, 0.05) is 31.4 Å². The SMILES string of the molecule is O=C1NCc2cncnc2N1NCCN1CCCCC1. The number of hydrazine groups is 1. The molecular weight excluding hydrogens is 256 g/mol. The molecule has 7 heteroatoms. The summed E-state index contributed by atoms with van der Waals surface area (Å²) in [4.78, 5) is 22.5. The molecule has 1 aromatic heterocycles. The van der Waals surface area contributed by atoms with Gasteiger partial charge in [0.15, 0.2) is 5.82 Å². The Hall–Kier alpha value is -1.73. The zero-order valence-electron chi connectivity index (χ0n) is 11.5. The Balaban J connectivity index is 1.57. The van der Waals surface area contributed by atoms with Crippen LogP contribution in [0.25, 0.3) is 0 Å². The van der Waals surface area contributed by atoms with E-state index in [-0.39, 0.29) is 6.03 Å². The van der Waals surface area contributed by atoms with Gasteiger partial charge in [0.05, 0.1) is 0 Å². The number of aromatic nitrogens is 2. The lowest BCUT2D eigenvalue weighted by Gasteiger charge is -2.31. The van der Waals surface area contributed by atoms with Gasteiger partial charge in [-0.2, -0.15) is 0 Å². The second kappa shape index (κ2) is 6.15. The molecule has 2 aliphatic rings. The molecule has 2 amide bonds. The fraction of sp³-hybridized carbons (Fsp3) is 0.615. The van der Waals surface area contributed by atoms with Gasteiger partial charge in [-0.25, -0.2) is 25.2 Å². The monoisotopic (exact) mass is 276 g/mol. The number of carbonyl (C=O) groups excluding carboxylic acids is 1. The van der Waals surface area contributed by atoms with Crippen LogP contribution in [0.5, 0.6) is 0 Å². The Labute approximate surface area is 118 Å². The molecule has 0 radical (unpaired) electrons. The van der Waals surface area contributed by atoms with Gasteiger partial charge in [0.1, 0.15) is 6.33 Å². The normalized spacial score (nSPS) is 19.6. The van der Waals surface area contributed by atoms with Crippen molar-refractivity contribution in [1.82, 2.24) is 25.6 Å². The third-order valence-corrected chi connectivity index (χ3v) is 3.76. The molecule has 0 spiro atoms. The highest BCUT2D eigenvalue weighted by Gasteiger charge is 2.25. The maximum atomic E-state index is 11.9. The number of urea groups is 1. The van der Waals surface area contributed by atoms with Crippen molar-refractivity contribution in [3.63, 3.8) is 0 Å². The smallest absolute Gasteiger partial charge is 0.332 e. The van der Waals surface area contributed by atoms with Crippen molar-refractivity contribution in [3.8, 4) is 0 Å². The van der Waals surface area contributed by atoms with Crippen LogP contribution in [0.15, 0.2) is 12.5 Å². The van der Waals surface area contributed by atoms with Gasteiger partial charge in [-0.05, 0) is 25.9 Å². The maximum absolute atomic E-state index is 11.9. The van der Waals surface area contributed by atoms with Crippen LogP contribution in [-0.4, -0.2) is 47.1 Å². The van der Waals surface area contributed by atoms with Crippen LogP contribution in [0.2, 0.25) is 0 Å². The zero-order valence-corrected chi connectivity index (χ0v) is 11.5. The number of hydrogen-bond acceptors (Lipinski definition) is 5. The van der Waals surface area contributed by atoms with Crippen LogP contribution < -0.4 is 15.8 Å². The number of fused-ring (bicyclic) bond motifs is 1. The number of nitrogens with one attached hydrogen (secondary N) is 2. The number of amides is 2. The van der Waals surface area contributed by atoms with Crippen LogP contribution in [-0.2, 0) is 6.54 Å². The lowest BCUT2D eigenvalue weighted by molar-refractivity contribution is 0.223. The molecule has 0 unspecified atom stereocenters. The number of nitrogens with zero attached hydrogens (tertiary/aromatic N) is 4. The second-order valence-corrected chi connectivity index (χ2v) is 5.18. The Morgan fingerprint density at radius 1 is 1.30 bits per heavy atom. The van der Waals surface area contributed by atoms with Gasteiger partial charge < -0.3 is 10.2 Å². The molecule has 3 heterocycles. The third-order valence-electron chi connectivity index (χ3n) is 3.76. The Bertz CT molecular complexity index is 474. The zero-order chi connectivity index (χ0) is 13.8. The number of anilines is 1. The van der Waals surface area contributed by atoms with E-state index in [0.717, 1.165) is 31.7 Å². The second-order valence-electron chi connectivity index (χ2n) is 5.18. The number of carbonyl (C=O) groups is 1. The quantitative estimate of drug-likeness (QED) is 0.837. The highest BCUT2D eigenvalue weighted by molar-refractivity contribution is 5.92. The molecule has 0 saturated carbocycles. The lowest BCUT2D eigenvalue weighted by atomic mass is 10.1. The fourth-order valence-electron chi connectivity index (χ4n) is 2.67. The van der Waals surface area contributed by atoms with E-state index in [1.54, 1.807) is 6.20 Å². The van der Waals surface area contributed by atoms with E-state index in [0.29, 0.717) is 12.4 Å². The van der Waals surface area contributed by atoms with Gasteiger partial charge in [-0.1, -0.05) is 6.42 Å². The minimum absolute atomic E-state index is 0.158. The average Bonchev–Trinajstić information content (AvgIpc) is 2.50. The van der Waals surface area contributed by atoms with Crippen LogP contribution in [0.3, 0.4) is 0 Å². The molecule has 0 aliphatic carbocycles. The van der Waals surface area contributed by atoms with Crippen molar-refractivity contribution >= 4 is 11.8 Å². The highest BCUT2D eigenvalue weighted by atomic mass is 16.2. The lowest BCUT2D eigenvalue weighted by Crippen LogP contribution is -2.54. The minimum Gasteiger partial charge on any atom is -0.332 e. The van der Waals surface area contributed by atoms with Gasteiger partial charge in [-0.15, -0.1) is 0 Å². The average molecular weight is 276 g/mol. The number of hydrogen-bond donors (Lipinski definition) is 2. The largest absolute Gasteiger partial charge is 0.338 e. The molecule has 2 N–H and O–H groups in total. The first-order valence-electron chi connectivity index (χ1n) is 7.17. The minimum atomic E-state index is -0.158. The summed E-state index contributed by atoms with van der Waals surface area (Å²) in [5, 5.41) is 4.30. The first-order valence-corrected chi connectivity index (χ1v) is 7.17. The first kappa shape index (κ1) is 13.3. The molecular formula is C13H20N6O. The van der Waals surface area contributed by atoms with E-state index in [4.69, 9.17) is 0 Å². The summed E-state index contributed by atoms with van der Waals surface area (Å²) < 4.78 is 0. The highest BCUT2D eigenvalue weighted by Crippen LogP contribution is 2.18. The van der Waals surface area contributed by atoms with E-state index in [2.05, 4.69) is 25.6 Å². The summed E-state index contributed by atoms with van der Waals surface area (Å²) in [6.07, 6.45) is 7.10. The molecule has 2 aliphatic heterocycles. The Morgan fingerprint density at radius 3 is 3.00 bits per heavy atom. The molecule has 0 atom stereocenters. The summed E-state index contributed by atoms with van der Waals surface area (Å²) >= 11 is 0. The van der Waals surface area contributed by atoms with Crippen molar-refractivity contribution in [1.29, 1.82) is 0 Å². The topological polar surface area (TPSA) is 73.4 Å². The van der Waals surface area contributed by atoms with E-state index >= 15 is 0 Å². The van der Waals surface area contributed by atoms with Gasteiger partial charge in [0.25, 0.3) is 0 Å². The van der Waals surface area contributed by atoms with Crippen molar-refractivity contribution in [3.05, 3.63) is 18.1 Å². The van der Waals surface area contributed by atoms with Gasteiger partial charge in [0.2, 0.25) is 0 Å². The summed E-state index contributed by atoms with van der Waals surface area (Å²) in [5.74, 6) is 0.655. The molecule has 0 aromatic carbocycles. The summed E-state index contributed by atoms with van der Waals surface area (Å²) in [6, 6.07) is -0.158. The van der Waals surface area contributed by atoms with Crippen LogP contribution in [0, 0.1) is 0 Å². The first-order chi connectivity index (χ1) is 9.84. The predicted molar refractivity (Wildman–Crippen MR) is 75.0 cm³/mol. The molecule has 1 saturated heterocycles. The molecule has 1 fully saturated rings. The number of piperidine rings is 1. The number of likely N-dealkylation sites (tertiary alicyclic amines) is 1. The number of rotatable bonds is 4. The molecule has 108 valence electrons. The fourth-order valence-corrected chi connectivity index (χ4v) is 2.67. The Morgan fingerprint density at radius 2 is 2.15 bits per heavy atom. The van der Waals surface area contributed by atoms with Crippen molar-refractivity contribution in [2.75, 3.05) is 31.2 Å². The molecule has 20 heavy (non-hydrogen) atoms. The van der Waals surface area contributed by atoms with E-state index < -0.39 is 0 Å². The predicted octanol–water partition coefficient (Wildman–Crippen LogP) is 0.497. The maximum Gasteiger partial charge on any atom is 0.338 e. The van der Waals surface area contributed by atoms with E-state index in [9.17, 15) is 4.79 Å². The van der Waals surface area contributed by atoms with Crippen molar-refractivity contribution < 1.29 is 4.79 Å². The van der Waals surface area contributed by atoms with Crippen LogP contribution in [0.4, 0.5) is 10.6 Å². The standard InChI is InChI=1S/C13H20N6O/c20-13-15-9-11-8-14-10-16-12(11)19(13)17-4-7-18-5-2-1-3-6-18/h8,10,17H,1-7,9H2,(H,15,20). The third kappa shape index (κ3) is 2.88.